The van der Waals surface area contributed by atoms with Crippen LogP contribution in [0.3, 0.4) is 0 Å². The Morgan fingerprint density at radius 1 is 1.14 bits per heavy atom. The fourth-order valence-corrected chi connectivity index (χ4v) is 4.88. The number of benzene rings is 1. The van der Waals surface area contributed by atoms with Crippen LogP contribution in [0.4, 0.5) is 27.9 Å². The molecular weight excluding hydrogens is 497 g/mol. The third-order valence-corrected chi connectivity index (χ3v) is 6.57. The summed E-state index contributed by atoms with van der Waals surface area (Å²) in [5.41, 5.74) is 3.35. The molecule has 1 aliphatic rings. The molecule has 3 aromatic heterocycles. The lowest BCUT2D eigenvalue weighted by atomic mass is 10.1. The standard InChI is InChI=1S/C24H26F5N7O/c1-14-30-18-4-3-15(11-19(18)35(14)12-20(25)26)17-7-10-36-21(17)22(37-2)32-23(33-36)31-16-5-8-34(9-6-16)13-24(27,28)29/h3-4,7,10-11,16,20H,5-6,8-9,12-13H2,1-2H3,(H,31,33). The summed E-state index contributed by atoms with van der Waals surface area (Å²) in [6.45, 7) is 0.999. The largest absolute Gasteiger partial charge is 0.479 e. The minimum Gasteiger partial charge on any atom is -0.479 e. The second kappa shape index (κ2) is 9.77. The number of imidazole rings is 1. The molecule has 1 aromatic carbocycles. The molecule has 1 aliphatic heterocycles. The molecule has 37 heavy (non-hydrogen) atoms. The van der Waals surface area contributed by atoms with E-state index in [-0.39, 0.29) is 6.04 Å². The Bertz CT molecular complexity index is 1410. The highest BCUT2D eigenvalue weighted by molar-refractivity contribution is 5.89. The smallest absolute Gasteiger partial charge is 0.401 e. The zero-order valence-corrected chi connectivity index (χ0v) is 20.3. The Hall–Kier alpha value is -3.48. The van der Waals surface area contributed by atoms with Crippen LogP contribution in [0.2, 0.25) is 0 Å². The summed E-state index contributed by atoms with van der Waals surface area (Å²) in [4.78, 5) is 10.3. The first-order chi connectivity index (χ1) is 17.6. The minimum atomic E-state index is -4.21. The first-order valence-electron chi connectivity index (χ1n) is 11.9. The molecule has 0 bridgehead atoms. The summed E-state index contributed by atoms with van der Waals surface area (Å²) < 4.78 is 72.9. The summed E-state index contributed by atoms with van der Waals surface area (Å²) in [5.74, 6) is 1.13. The van der Waals surface area contributed by atoms with Crippen molar-refractivity contribution in [1.29, 1.82) is 0 Å². The molecule has 4 aromatic rings. The number of aryl methyl sites for hydroxylation is 1. The Morgan fingerprint density at radius 3 is 2.57 bits per heavy atom. The van der Waals surface area contributed by atoms with Crippen LogP contribution < -0.4 is 10.1 Å². The summed E-state index contributed by atoms with van der Waals surface area (Å²) in [6.07, 6.45) is -3.91. The number of ether oxygens (including phenoxy) is 1. The number of nitrogens with zero attached hydrogens (tertiary/aromatic N) is 6. The number of hydrogen-bond acceptors (Lipinski definition) is 6. The van der Waals surface area contributed by atoms with Crippen LogP contribution in [-0.4, -0.2) is 74.4 Å². The zero-order valence-electron chi connectivity index (χ0n) is 20.3. The van der Waals surface area contributed by atoms with E-state index < -0.39 is 25.7 Å². The van der Waals surface area contributed by atoms with Crippen LogP contribution in [0.15, 0.2) is 30.5 Å². The van der Waals surface area contributed by atoms with Gasteiger partial charge in [0.2, 0.25) is 11.8 Å². The Balaban J connectivity index is 1.41. The van der Waals surface area contributed by atoms with E-state index >= 15 is 0 Å². The van der Waals surface area contributed by atoms with E-state index in [4.69, 9.17) is 4.74 Å². The van der Waals surface area contributed by atoms with Crippen molar-refractivity contribution in [3.05, 3.63) is 36.3 Å². The Kier molecular flexibility index (Phi) is 6.65. The average molecular weight is 524 g/mol. The molecule has 198 valence electrons. The van der Waals surface area contributed by atoms with Gasteiger partial charge >= 0.3 is 6.18 Å². The van der Waals surface area contributed by atoms with Gasteiger partial charge in [0.1, 0.15) is 11.3 Å². The number of halogens is 5. The molecule has 1 saturated heterocycles. The zero-order chi connectivity index (χ0) is 26.3. The predicted octanol–water partition coefficient (Wildman–Crippen LogP) is 4.77. The number of nitrogens with one attached hydrogen (secondary N) is 1. The first kappa shape index (κ1) is 25.2. The topological polar surface area (TPSA) is 72.5 Å². The number of rotatable bonds is 7. The highest BCUT2D eigenvalue weighted by Crippen LogP contribution is 2.33. The second-order valence-electron chi connectivity index (χ2n) is 9.14. The van der Waals surface area contributed by atoms with Gasteiger partial charge in [0.25, 0.3) is 6.43 Å². The molecule has 1 N–H and O–H groups in total. The highest BCUT2D eigenvalue weighted by Gasteiger charge is 2.32. The molecule has 0 saturated carbocycles. The third kappa shape index (κ3) is 5.31. The maximum absolute atomic E-state index is 13.1. The normalized spacial score (nSPS) is 15.8. The Morgan fingerprint density at radius 2 is 1.89 bits per heavy atom. The van der Waals surface area contributed by atoms with Gasteiger partial charge in [0.05, 0.1) is 31.2 Å². The van der Waals surface area contributed by atoms with Crippen LogP contribution in [0.5, 0.6) is 5.88 Å². The molecule has 0 amide bonds. The van der Waals surface area contributed by atoms with E-state index in [0.29, 0.717) is 60.1 Å². The molecule has 4 heterocycles. The number of likely N-dealkylation sites (tertiary alicyclic amines) is 1. The van der Waals surface area contributed by atoms with Gasteiger partial charge in [0, 0.05) is 30.9 Å². The third-order valence-electron chi connectivity index (χ3n) is 6.57. The lowest BCUT2D eigenvalue weighted by Crippen LogP contribution is -2.43. The molecule has 0 spiro atoms. The fraction of sp³-hybridized carbons (Fsp3) is 0.458. The van der Waals surface area contributed by atoms with Crippen LogP contribution in [-0.2, 0) is 6.54 Å². The van der Waals surface area contributed by atoms with Crippen molar-refractivity contribution >= 4 is 22.5 Å². The molecule has 5 rings (SSSR count). The van der Waals surface area contributed by atoms with Crippen LogP contribution in [0, 0.1) is 6.92 Å². The number of fused-ring (bicyclic) bond motifs is 2. The van der Waals surface area contributed by atoms with Gasteiger partial charge in [-0.25, -0.2) is 18.3 Å². The summed E-state index contributed by atoms with van der Waals surface area (Å²) in [7, 11) is 1.49. The van der Waals surface area contributed by atoms with E-state index in [1.165, 1.54) is 16.6 Å². The van der Waals surface area contributed by atoms with Crippen molar-refractivity contribution in [2.24, 2.45) is 0 Å². The van der Waals surface area contributed by atoms with E-state index in [0.717, 1.165) is 11.1 Å². The number of piperidine rings is 1. The van der Waals surface area contributed by atoms with Gasteiger partial charge in [-0.05, 0) is 43.5 Å². The minimum absolute atomic E-state index is 0.0672. The molecular formula is C24H26F5N7O. The predicted molar refractivity (Wildman–Crippen MR) is 128 cm³/mol. The number of methoxy groups -OCH3 is 1. The first-order valence-corrected chi connectivity index (χ1v) is 11.9. The molecule has 1 fully saturated rings. The second-order valence-corrected chi connectivity index (χ2v) is 9.14. The molecule has 13 heteroatoms. The molecule has 0 aliphatic carbocycles. The van der Waals surface area contributed by atoms with E-state index in [1.54, 1.807) is 23.7 Å². The van der Waals surface area contributed by atoms with Crippen molar-refractivity contribution in [3.63, 3.8) is 0 Å². The SMILES string of the molecule is COc1nc(NC2CCN(CC(F)(F)F)CC2)nn2ccc(-c3ccc4nc(C)n(CC(F)F)c4c3)c12. The van der Waals surface area contributed by atoms with Gasteiger partial charge in [-0.1, -0.05) is 6.07 Å². The molecule has 8 nitrogen and oxygen atoms in total. The Labute approximate surface area is 209 Å². The average Bonchev–Trinajstić information content (AvgIpc) is 3.39. The molecule has 0 atom stereocenters. The van der Waals surface area contributed by atoms with Crippen molar-refractivity contribution in [2.75, 3.05) is 32.1 Å². The van der Waals surface area contributed by atoms with Crippen molar-refractivity contribution in [1.82, 2.24) is 29.0 Å². The quantitative estimate of drug-likeness (QED) is 0.352. The maximum Gasteiger partial charge on any atom is 0.401 e. The van der Waals surface area contributed by atoms with Crippen molar-refractivity contribution in [3.8, 4) is 17.0 Å². The van der Waals surface area contributed by atoms with Crippen molar-refractivity contribution in [2.45, 2.75) is 45.0 Å². The van der Waals surface area contributed by atoms with E-state index in [1.807, 2.05) is 18.2 Å². The lowest BCUT2D eigenvalue weighted by molar-refractivity contribution is -0.147. The number of hydrogen-bond donors (Lipinski definition) is 1. The number of aromatic nitrogens is 5. The van der Waals surface area contributed by atoms with Gasteiger partial charge in [-0.3, -0.25) is 4.90 Å². The van der Waals surface area contributed by atoms with Crippen LogP contribution >= 0.6 is 0 Å². The molecule has 0 radical (unpaired) electrons. The lowest BCUT2D eigenvalue weighted by Gasteiger charge is -2.32. The number of anilines is 1. The van der Waals surface area contributed by atoms with E-state index in [2.05, 4.69) is 20.4 Å². The summed E-state index contributed by atoms with van der Waals surface area (Å²) in [5, 5.41) is 7.75. The van der Waals surface area contributed by atoms with Crippen LogP contribution in [0.1, 0.15) is 18.7 Å². The van der Waals surface area contributed by atoms with Gasteiger partial charge in [-0.2, -0.15) is 18.2 Å². The van der Waals surface area contributed by atoms with Gasteiger partial charge in [-0.15, -0.1) is 5.10 Å². The van der Waals surface area contributed by atoms with Gasteiger partial charge < -0.3 is 14.6 Å². The highest BCUT2D eigenvalue weighted by atomic mass is 19.4. The summed E-state index contributed by atoms with van der Waals surface area (Å²) >= 11 is 0. The van der Waals surface area contributed by atoms with E-state index in [9.17, 15) is 22.0 Å². The monoisotopic (exact) mass is 523 g/mol. The summed E-state index contributed by atoms with van der Waals surface area (Å²) in [6, 6.07) is 7.23. The van der Waals surface area contributed by atoms with Gasteiger partial charge in [0.15, 0.2) is 0 Å². The fourth-order valence-electron chi connectivity index (χ4n) is 4.88. The molecule has 0 unspecified atom stereocenters. The van der Waals surface area contributed by atoms with Crippen molar-refractivity contribution < 1.29 is 26.7 Å². The maximum atomic E-state index is 13.1. The van der Waals surface area contributed by atoms with Crippen LogP contribution in [0.25, 0.3) is 27.7 Å². The number of alkyl halides is 5.